The first-order valence-corrected chi connectivity index (χ1v) is 11.1. The molecule has 1 aliphatic rings. The van der Waals surface area contributed by atoms with Crippen LogP contribution in [-0.4, -0.2) is 39.2 Å². The molecular weight excluding hydrogens is 382 g/mol. The monoisotopic (exact) mass is 407 g/mol. The van der Waals surface area contributed by atoms with Crippen LogP contribution in [0.3, 0.4) is 0 Å². The molecule has 3 heterocycles. The molecule has 5 nitrogen and oxygen atoms in total. The van der Waals surface area contributed by atoms with Crippen molar-refractivity contribution >= 4 is 28.7 Å². The van der Waals surface area contributed by atoms with E-state index >= 15 is 0 Å². The highest BCUT2D eigenvalue weighted by Crippen LogP contribution is 2.34. The summed E-state index contributed by atoms with van der Waals surface area (Å²) in [5.74, 6) is 0.690. The molecule has 1 saturated heterocycles. The number of pyridine rings is 2. The first-order valence-electron chi connectivity index (χ1n) is 10.0. The molecule has 1 amide bonds. The number of carbonyl (C=O) groups excluding carboxylic acids is 1. The van der Waals surface area contributed by atoms with Gasteiger partial charge in [-0.3, -0.25) is 9.59 Å². The maximum atomic E-state index is 13.3. The van der Waals surface area contributed by atoms with Gasteiger partial charge in [-0.05, 0) is 38.0 Å². The number of nitrogens with zero attached hydrogens (tertiary/aromatic N) is 3. The Morgan fingerprint density at radius 2 is 1.97 bits per heavy atom. The molecule has 0 aliphatic carbocycles. The van der Waals surface area contributed by atoms with Gasteiger partial charge in [0.05, 0.1) is 5.39 Å². The van der Waals surface area contributed by atoms with E-state index < -0.39 is 0 Å². The lowest BCUT2D eigenvalue weighted by Crippen LogP contribution is -2.36. The maximum Gasteiger partial charge on any atom is 0.259 e. The van der Waals surface area contributed by atoms with Crippen LogP contribution < -0.4 is 5.43 Å². The van der Waals surface area contributed by atoms with E-state index in [4.69, 9.17) is 0 Å². The van der Waals surface area contributed by atoms with Gasteiger partial charge >= 0.3 is 0 Å². The Bertz CT molecular complexity index is 1090. The second-order valence-electron chi connectivity index (χ2n) is 7.33. The van der Waals surface area contributed by atoms with Crippen LogP contribution in [0.1, 0.15) is 40.2 Å². The number of benzene rings is 1. The summed E-state index contributed by atoms with van der Waals surface area (Å²) in [6.07, 6.45) is 2.57. The van der Waals surface area contributed by atoms with Gasteiger partial charge in [0.15, 0.2) is 0 Å². The van der Waals surface area contributed by atoms with Crippen LogP contribution in [-0.2, 0) is 6.54 Å². The SMILES string of the molecule is CCn1cc(C(=O)N2CCSC(c3ccccc3)CC2)c(=O)c2ccc(C)nc21. The van der Waals surface area contributed by atoms with Crippen molar-refractivity contribution in [3.05, 3.63) is 75.7 Å². The topological polar surface area (TPSA) is 55.2 Å². The number of rotatable bonds is 3. The number of aromatic nitrogens is 2. The molecule has 4 rings (SSSR count). The number of fused-ring (bicyclic) bond motifs is 1. The zero-order valence-corrected chi connectivity index (χ0v) is 17.6. The molecule has 1 unspecified atom stereocenters. The van der Waals surface area contributed by atoms with Crippen molar-refractivity contribution in [2.24, 2.45) is 0 Å². The Morgan fingerprint density at radius 1 is 1.17 bits per heavy atom. The van der Waals surface area contributed by atoms with E-state index in [0.29, 0.717) is 35.9 Å². The molecule has 1 aromatic carbocycles. The lowest BCUT2D eigenvalue weighted by atomic mass is 10.1. The fraction of sp³-hybridized carbons (Fsp3) is 0.348. The van der Waals surface area contributed by atoms with Crippen molar-refractivity contribution in [1.82, 2.24) is 14.5 Å². The summed E-state index contributed by atoms with van der Waals surface area (Å²) in [6.45, 7) is 5.86. The van der Waals surface area contributed by atoms with Crippen molar-refractivity contribution in [3.8, 4) is 0 Å². The third kappa shape index (κ3) is 3.94. The van der Waals surface area contributed by atoms with Gasteiger partial charge in [-0.15, -0.1) is 0 Å². The zero-order valence-electron chi connectivity index (χ0n) is 16.8. The second kappa shape index (κ2) is 8.41. The van der Waals surface area contributed by atoms with E-state index in [9.17, 15) is 9.59 Å². The number of carbonyl (C=O) groups is 1. The molecule has 29 heavy (non-hydrogen) atoms. The summed E-state index contributed by atoms with van der Waals surface area (Å²) in [5.41, 5.74) is 2.82. The Balaban J connectivity index is 1.63. The molecule has 1 atom stereocenters. The molecule has 150 valence electrons. The predicted molar refractivity (Wildman–Crippen MR) is 119 cm³/mol. The molecule has 2 aromatic heterocycles. The van der Waals surface area contributed by atoms with Crippen LogP contribution in [0.15, 0.2) is 53.5 Å². The fourth-order valence-electron chi connectivity index (χ4n) is 3.83. The summed E-state index contributed by atoms with van der Waals surface area (Å²) >= 11 is 1.88. The summed E-state index contributed by atoms with van der Waals surface area (Å²) in [5, 5.41) is 0.889. The number of thioether (sulfide) groups is 1. The average Bonchev–Trinajstić information content (AvgIpc) is 3.00. The molecule has 0 bridgehead atoms. The minimum absolute atomic E-state index is 0.172. The third-order valence-electron chi connectivity index (χ3n) is 5.43. The number of amides is 1. The van der Waals surface area contributed by atoms with Gasteiger partial charge in [-0.2, -0.15) is 11.8 Å². The van der Waals surface area contributed by atoms with Crippen LogP contribution in [0.2, 0.25) is 0 Å². The van der Waals surface area contributed by atoms with E-state index in [1.54, 1.807) is 12.3 Å². The Labute approximate surface area is 174 Å². The summed E-state index contributed by atoms with van der Waals surface area (Å²) < 4.78 is 1.90. The van der Waals surface area contributed by atoms with Crippen molar-refractivity contribution in [1.29, 1.82) is 0 Å². The van der Waals surface area contributed by atoms with Gasteiger partial charge in [0.1, 0.15) is 11.2 Å². The van der Waals surface area contributed by atoms with Gasteiger partial charge in [0.25, 0.3) is 5.91 Å². The molecule has 0 spiro atoms. The van der Waals surface area contributed by atoms with Crippen molar-refractivity contribution in [2.75, 3.05) is 18.8 Å². The van der Waals surface area contributed by atoms with Crippen LogP contribution >= 0.6 is 11.8 Å². The van der Waals surface area contributed by atoms with Gasteiger partial charge < -0.3 is 9.47 Å². The summed E-state index contributed by atoms with van der Waals surface area (Å²) in [7, 11) is 0. The van der Waals surface area contributed by atoms with E-state index in [1.165, 1.54) is 5.56 Å². The van der Waals surface area contributed by atoms with Gasteiger partial charge in [-0.1, -0.05) is 30.3 Å². The number of hydrogen-bond acceptors (Lipinski definition) is 4. The Kier molecular flexibility index (Phi) is 5.72. The predicted octanol–water partition coefficient (Wildman–Crippen LogP) is 4.05. The normalized spacial score (nSPS) is 17.3. The highest BCUT2D eigenvalue weighted by atomic mass is 32.2. The van der Waals surface area contributed by atoms with E-state index in [1.807, 2.05) is 47.2 Å². The van der Waals surface area contributed by atoms with Gasteiger partial charge in [0.2, 0.25) is 5.43 Å². The Morgan fingerprint density at radius 3 is 2.72 bits per heavy atom. The molecular formula is C23H25N3O2S. The Hall–Kier alpha value is -2.60. The van der Waals surface area contributed by atoms with Gasteiger partial charge in [0, 0.05) is 42.5 Å². The van der Waals surface area contributed by atoms with Gasteiger partial charge in [-0.25, -0.2) is 4.98 Å². The molecule has 1 fully saturated rings. The number of hydrogen-bond donors (Lipinski definition) is 0. The fourth-order valence-corrected chi connectivity index (χ4v) is 5.06. The van der Waals surface area contributed by atoms with Crippen LogP contribution in [0.5, 0.6) is 0 Å². The molecule has 0 radical (unpaired) electrons. The lowest BCUT2D eigenvalue weighted by molar-refractivity contribution is 0.0764. The summed E-state index contributed by atoms with van der Waals surface area (Å²) in [6, 6.07) is 14.0. The highest BCUT2D eigenvalue weighted by molar-refractivity contribution is 7.99. The van der Waals surface area contributed by atoms with Crippen molar-refractivity contribution < 1.29 is 4.79 Å². The number of aryl methyl sites for hydroxylation is 2. The van der Waals surface area contributed by atoms with Crippen LogP contribution in [0.4, 0.5) is 0 Å². The molecule has 3 aromatic rings. The minimum atomic E-state index is -0.223. The highest BCUT2D eigenvalue weighted by Gasteiger charge is 2.25. The lowest BCUT2D eigenvalue weighted by Gasteiger charge is -2.21. The molecule has 0 N–H and O–H groups in total. The molecule has 1 aliphatic heterocycles. The standard InChI is InChI=1S/C23H25N3O2S/c1-3-25-15-19(21(27)18-10-9-16(2)24-22(18)25)23(28)26-12-11-20(29-14-13-26)17-7-5-4-6-8-17/h4-10,15,20H,3,11-14H2,1-2H3. The van der Waals surface area contributed by atoms with Crippen molar-refractivity contribution in [2.45, 2.75) is 32.1 Å². The third-order valence-corrected chi connectivity index (χ3v) is 6.76. The first kappa shape index (κ1) is 19.7. The second-order valence-corrected chi connectivity index (χ2v) is 8.64. The smallest absolute Gasteiger partial charge is 0.259 e. The first-order chi connectivity index (χ1) is 14.1. The van der Waals surface area contributed by atoms with Crippen LogP contribution in [0, 0.1) is 6.92 Å². The maximum absolute atomic E-state index is 13.3. The minimum Gasteiger partial charge on any atom is -0.338 e. The quantitative estimate of drug-likeness (QED) is 0.657. The molecule has 6 heteroatoms. The molecule has 0 saturated carbocycles. The van der Waals surface area contributed by atoms with Crippen LogP contribution in [0.25, 0.3) is 11.0 Å². The average molecular weight is 408 g/mol. The van der Waals surface area contributed by atoms with E-state index in [0.717, 1.165) is 17.9 Å². The van der Waals surface area contributed by atoms with E-state index in [2.05, 4.69) is 29.2 Å². The van der Waals surface area contributed by atoms with E-state index in [-0.39, 0.29) is 16.9 Å². The largest absolute Gasteiger partial charge is 0.338 e. The van der Waals surface area contributed by atoms with Crippen molar-refractivity contribution in [3.63, 3.8) is 0 Å². The summed E-state index contributed by atoms with van der Waals surface area (Å²) in [4.78, 5) is 32.7. The zero-order chi connectivity index (χ0) is 20.4.